The molecule has 0 radical (unpaired) electrons. The molecule has 0 aromatic carbocycles. The molecule has 206 valence electrons. The molecule has 2 heteroatoms. The van der Waals surface area contributed by atoms with E-state index in [4.69, 9.17) is 5.11 Å². The van der Waals surface area contributed by atoms with E-state index in [0.717, 1.165) is 12.8 Å². The summed E-state index contributed by atoms with van der Waals surface area (Å²) in [6.07, 6.45) is 37.6. The summed E-state index contributed by atoms with van der Waals surface area (Å²) in [5.74, 6) is -0.651. The second kappa shape index (κ2) is 34.6. The number of carboxylic acids is 1. The van der Waals surface area contributed by atoms with Gasteiger partial charge in [-0.15, -0.1) is 0 Å². The molecule has 0 atom stereocenters. The van der Waals surface area contributed by atoms with Crippen LogP contribution in [-0.2, 0) is 4.79 Å². The van der Waals surface area contributed by atoms with Crippen LogP contribution in [0.1, 0.15) is 201 Å². The summed E-state index contributed by atoms with van der Waals surface area (Å²) in [5, 5.41) is 8.56. The summed E-state index contributed by atoms with van der Waals surface area (Å²) in [7, 11) is 0. The van der Waals surface area contributed by atoms with Crippen molar-refractivity contribution in [2.24, 2.45) is 0 Å². The van der Waals surface area contributed by atoms with Crippen molar-refractivity contribution in [2.45, 2.75) is 201 Å². The minimum atomic E-state index is -0.651. The predicted octanol–water partition coefficient (Wildman–Crippen LogP) is 12.0. The lowest BCUT2D eigenvalue weighted by molar-refractivity contribution is -0.137. The normalized spacial score (nSPS) is 10.8. The van der Waals surface area contributed by atoms with E-state index in [1.54, 1.807) is 0 Å². The zero-order valence-electron chi connectivity index (χ0n) is 24.2. The van der Waals surface area contributed by atoms with E-state index in [-0.39, 0.29) is 0 Å². The van der Waals surface area contributed by atoms with Gasteiger partial charge in [-0.3, -0.25) is 4.79 Å². The van der Waals surface area contributed by atoms with Gasteiger partial charge in [-0.2, -0.15) is 0 Å². The molecule has 0 amide bonds. The van der Waals surface area contributed by atoms with Gasteiger partial charge in [0.1, 0.15) is 0 Å². The number of carbonyl (C=O) groups is 1. The van der Waals surface area contributed by atoms with Crippen LogP contribution in [0.2, 0.25) is 0 Å². The Morgan fingerprint density at radius 2 is 0.529 bits per heavy atom. The SMILES string of the molecule is CCCCCCCCCC.CCCCCCCCCCCCCCCCCCCCCC(=O)O. The maximum absolute atomic E-state index is 10.4. The van der Waals surface area contributed by atoms with Gasteiger partial charge in [0.25, 0.3) is 0 Å². The molecule has 0 saturated heterocycles. The zero-order chi connectivity index (χ0) is 25.4. The van der Waals surface area contributed by atoms with Crippen molar-refractivity contribution in [3.8, 4) is 0 Å². The van der Waals surface area contributed by atoms with Gasteiger partial charge in [0.15, 0.2) is 0 Å². The number of hydrogen-bond donors (Lipinski definition) is 1. The molecule has 34 heavy (non-hydrogen) atoms. The van der Waals surface area contributed by atoms with Crippen molar-refractivity contribution in [1.29, 1.82) is 0 Å². The molecule has 1 N–H and O–H groups in total. The smallest absolute Gasteiger partial charge is 0.303 e. The van der Waals surface area contributed by atoms with Crippen molar-refractivity contribution >= 4 is 5.97 Å². The van der Waals surface area contributed by atoms with Crippen molar-refractivity contribution in [3.05, 3.63) is 0 Å². The summed E-state index contributed by atoms with van der Waals surface area (Å²) < 4.78 is 0. The number of unbranched alkanes of at least 4 members (excludes halogenated alkanes) is 25. The van der Waals surface area contributed by atoms with Crippen molar-refractivity contribution in [1.82, 2.24) is 0 Å². The lowest BCUT2D eigenvalue weighted by Gasteiger charge is -2.03. The first-order chi connectivity index (χ1) is 16.7. The molecule has 0 bridgehead atoms. The summed E-state index contributed by atoms with van der Waals surface area (Å²) in [6, 6.07) is 0. The van der Waals surface area contributed by atoms with Gasteiger partial charge in [0.05, 0.1) is 0 Å². The fraction of sp³-hybridized carbons (Fsp3) is 0.969. The summed E-state index contributed by atoms with van der Waals surface area (Å²) in [6.45, 7) is 6.82. The Labute approximate surface area is 216 Å². The third-order valence-electron chi connectivity index (χ3n) is 6.95. The van der Waals surface area contributed by atoms with E-state index in [0.29, 0.717) is 6.42 Å². The van der Waals surface area contributed by atoms with E-state index in [1.807, 2.05) is 0 Å². The average molecular weight is 483 g/mol. The molecule has 0 unspecified atom stereocenters. The number of aliphatic carboxylic acids is 1. The monoisotopic (exact) mass is 483 g/mol. The minimum Gasteiger partial charge on any atom is -0.481 e. The highest BCUT2D eigenvalue weighted by Crippen LogP contribution is 2.14. The van der Waals surface area contributed by atoms with E-state index in [1.165, 1.54) is 161 Å². The summed E-state index contributed by atoms with van der Waals surface area (Å²) >= 11 is 0. The van der Waals surface area contributed by atoms with Gasteiger partial charge in [0.2, 0.25) is 0 Å². The molecule has 0 aromatic rings. The molecule has 0 fully saturated rings. The van der Waals surface area contributed by atoms with Gasteiger partial charge < -0.3 is 5.11 Å². The maximum atomic E-state index is 10.4. The lowest BCUT2D eigenvalue weighted by atomic mass is 10.0. The van der Waals surface area contributed by atoms with Crippen molar-refractivity contribution < 1.29 is 9.90 Å². The van der Waals surface area contributed by atoms with E-state index in [9.17, 15) is 4.79 Å². The van der Waals surface area contributed by atoms with Crippen LogP contribution < -0.4 is 0 Å². The second-order valence-corrected chi connectivity index (χ2v) is 10.6. The van der Waals surface area contributed by atoms with Crippen molar-refractivity contribution in [2.75, 3.05) is 0 Å². The lowest BCUT2D eigenvalue weighted by Crippen LogP contribution is -1.93. The largest absolute Gasteiger partial charge is 0.481 e. The first kappa shape index (κ1) is 35.6. The Kier molecular flexibility index (Phi) is 36.3. The van der Waals surface area contributed by atoms with E-state index < -0.39 is 5.97 Å². The van der Waals surface area contributed by atoms with Gasteiger partial charge in [-0.25, -0.2) is 0 Å². The number of rotatable bonds is 27. The summed E-state index contributed by atoms with van der Waals surface area (Å²) in [4.78, 5) is 10.4. The van der Waals surface area contributed by atoms with Gasteiger partial charge in [-0.1, -0.05) is 188 Å². The van der Waals surface area contributed by atoms with Crippen LogP contribution in [0, 0.1) is 0 Å². The first-order valence-electron chi connectivity index (χ1n) is 15.9. The highest BCUT2D eigenvalue weighted by molar-refractivity contribution is 5.66. The molecular weight excluding hydrogens is 416 g/mol. The second-order valence-electron chi connectivity index (χ2n) is 10.6. The molecule has 0 aliphatic carbocycles. The van der Waals surface area contributed by atoms with E-state index in [2.05, 4.69) is 20.8 Å². The summed E-state index contributed by atoms with van der Waals surface area (Å²) in [5.41, 5.74) is 0. The molecule has 0 heterocycles. The highest BCUT2D eigenvalue weighted by Gasteiger charge is 1.97. The van der Waals surface area contributed by atoms with Crippen LogP contribution in [0.5, 0.6) is 0 Å². The van der Waals surface area contributed by atoms with Crippen LogP contribution in [-0.4, -0.2) is 11.1 Å². The van der Waals surface area contributed by atoms with Crippen molar-refractivity contribution in [3.63, 3.8) is 0 Å². The van der Waals surface area contributed by atoms with Crippen LogP contribution >= 0.6 is 0 Å². The van der Waals surface area contributed by atoms with Crippen LogP contribution in [0.4, 0.5) is 0 Å². The van der Waals surface area contributed by atoms with Crippen LogP contribution in [0.3, 0.4) is 0 Å². The molecule has 0 aromatic heterocycles. The Morgan fingerprint density at radius 3 is 0.706 bits per heavy atom. The van der Waals surface area contributed by atoms with Gasteiger partial charge in [0, 0.05) is 6.42 Å². The fourth-order valence-electron chi connectivity index (χ4n) is 4.56. The Morgan fingerprint density at radius 1 is 0.353 bits per heavy atom. The highest BCUT2D eigenvalue weighted by atomic mass is 16.4. The maximum Gasteiger partial charge on any atom is 0.303 e. The van der Waals surface area contributed by atoms with Crippen LogP contribution in [0.25, 0.3) is 0 Å². The first-order valence-corrected chi connectivity index (χ1v) is 15.9. The average Bonchev–Trinajstić information content (AvgIpc) is 2.83. The fourth-order valence-corrected chi connectivity index (χ4v) is 4.56. The Hall–Kier alpha value is -0.530. The third-order valence-corrected chi connectivity index (χ3v) is 6.95. The number of carboxylic acid groups (broad SMARTS) is 1. The van der Waals surface area contributed by atoms with E-state index >= 15 is 0 Å². The molecule has 0 rings (SSSR count). The molecular formula is C32H66O2. The molecule has 2 nitrogen and oxygen atoms in total. The molecule has 0 aliphatic heterocycles. The Balaban J connectivity index is 0. The standard InChI is InChI=1S/C22H44O2.C10H22/c1-2-3-4-5-6-7-8-9-10-11-12-13-14-15-16-17-18-19-20-21-22(23)24;1-3-5-7-9-10-8-6-4-2/h2-21H2,1H3,(H,23,24);3-10H2,1-2H3. The predicted molar refractivity (Wildman–Crippen MR) is 154 cm³/mol. The van der Waals surface area contributed by atoms with Gasteiger partial charge >= 0.3 is 5.97 Å². The number of hydrogen-bond acceptors (Lipinski definition) is 1. The molecule has 0 aliphatic rings. The quantitative estimate of drug-likeness (QED) is 0.118. The van der Waals surface area contributed by atoms with Gasteiger partial charge in [-0.05, 0) is 6.42 Å². The minimum absolute atomic E-state index is 0.346. The molecule has 0 saturated carbocycles. The Bertz CT molecular complexity index is 345. The topological polar surface area (TPSA) is 37.3 Å². The molecule has 0 spiro atoms. The third kappa shape index (κ3) is 38.7. The zero-order valence-corrected chi connectivity index (χ0v) is 24.2. The van der Waals surface area contributed by atoms with Crippen LogP contribution in [0.15, 0.2) is 0 Å².